The predicted octanol–water partition coefficient (Wildman–Crippen LogP) is 4.46. The van der Waals surface area contributed by atoms with Gasteiger partial charge in [0.25, 0.3) is 0 Å². The number of carbonyl (C=O) groups excluding carboxylic acids is 1. The zero-order valence-electron chi connectivity index (χ0n) is 15.7. The standard InChI is InChI=1S/C21H21FN2O3S/c1-26-18-9-5-15(12-19(18)27-2)11-17-13-23-21(28-17)24-20(25)10-6-14-3-7-16(22)8-4-14/h3-5,7-9,12-13H,6,10-11H2,1-2H3,(H,23,24,25). The van der Waals surface area contributed by atoms with Crippen molar-refractivity contribution in [3.63, 3.8) is 0 Å². The molecule has 2 aromatic carbocycles. The van der Waals surface area contributed by atoms with Gasteiger partial charge in [-0.05, 0) is 41.8 Å². The molecule has 0 saturated carbocycles. The summed E-state index contributed by atoms with van der Waals surface area (Å²) in [6.07, 6.45) is 3.31. The molecule has 7 heteroatoms. The molecule has 28 heavy (non-hydrogen) atoms. The second-order valence-corrected chi connectivity index (χ2v) is 7.29. The number of anilines is 1. The fourth-order valence-electron chi connectivity index (χ4n) is 2.73. The van der Waals surface area contributed by atoms with Crippen LogP contribution in [-0.2, 0) is 17.6 Å². The van der Waals surface area contributed by atoms with Crippen LogP contribution in [0, 0.1) is 5.82 Å². The van der Waals surface area contributed by atoms with Crippen molar-refractivity contribution < 1.29 is 18.7 Å². The first-order chi connectivity index (χ1) is 13.6. The highest BCUT2D eigenvalue weighted by Crippen LogP contribution is 2.29. The summed E-state index contributed by atoms with van der Waals surface area (Å²) in [6.45, 7) is 0. The summed E-state index contributed by atoms with van der Waals surface area (Å²) < 4.78 is 23.5. The summed E-state index contributed by atoms with van der Waals surface area (Å²) in [4.78, 5) is 17.4. The van der Waals surface area contributed by atoms with Crippen molar-refractivity contribution in [3.8, 4) is 11.5 Å². The highest BCUT2D eigenvalue weighted by molar-refractivity contribution is 7.15. The van der Waals surface area contributed by atoms with Gasteiger partial charge in [-0.25, -0.2) is 9.37 Å². The van der Waals surface area contributed by atoms with Crippen LogP contribution in [0.15, 0.2) is 48.7 Å². The molecule has 3 rings (SSSR count). The van der Waals surface area contributed by atoms with Gasteiger partial charge in [-0.15, -0.1) is 11.3 Å². The van der Waals surface area contributed by atoms with E-state index in [9.17, 15) is 9.18 Å². The molecule has 0 aliphatic carbocycles. The molecule has 0 aliphatic rings. The SMILES string of the molecule is COc1ccc(Cc2cnc(NC(=O)CCc3ccc(F)cc3)s2)cc1OC. The number of ether oxygens (including phenoxy) is 2. The number of nitrogens with zero attached hydrogens (tertiary/aromatic N) is 1. The number of methoxy groups -OCH3 is 2. The minimum atomic E-state index is -0.280. The van der Waals surface area contributed by atoms with E-state index in [-0.39, 0.29) is 11.7 Å². The highest BCUT2D eigenvalue weighted by atomic mass is 32.1. The van der Waals surface area contributed by atoms with E-state index >= 15 is 0 Å². The number of aryl methyl sites for hydroxylation is 1. The van der Waals surface area contributed by atoms with Crippen molar-refractivity contribution in [2.75, 3.05) is 19.5 Å². The summed E-state index contributed by atoms with van der Waals surface area (Å²) in [7, 11) is 3.21. The summed E-state index contributed by atoms with van der Waals surface area (Å²) >= 11 is 1.44. The second-order valence-electron chi connectivity index (χ2n) is 6.17. The molecule has 0 aliphatic heterocycles. The average molecular weight is 400 g/mol. The van der Waals surface area contributed by atoms with Crippen molar-refractivity contribution in [3.05, 3.63) is 70.5 Å². The zero-order valence-corrected chi connectivity index (χ0v) is 16.5. The first kappa shape index (κ1) is 19.8. The third-order valence-corrected chi connectivity index (χ3v) is 5.09. The third kappa shape index (κ3) is 5.29. The molecule has 3 aromatic rings. The Hall–Kier alpha value is -2.93. The summed E-state index contributed by atoms with van der Waals surface area (Å²) in [5.74, 6) is 0.970. The Labute approximate surface area is 167 Å². The lowest BCUT2D eigenvalue weighted by Gasteiger charge is -2.08. The first-order valence-electron chi connectivity index (χ1n) is 8.77. The van der Waals surface area contributed by atoms with Gasteiger partial charge >= 0.3 is 0 Å². The van der Waals surface area contributed by atoms with E-state index < -0.39 is 0 Å². The molecule has 0 bridgehead atoms. The normalized spacial score (nSPS) is 10.5. The number of carbonyl (C=O) groups is 1. The number of hydrogen-bond acceptors (Lipinski definition) is 5. The Kier molecular flexibility index (Phi) is 6.60. The van der Waals surface area contributed by atoms with E-state index in [2.05, 4.69) is 10.3 Å². The van der Waals surface area contributed by atoms with Crippen LogP contribution in [0.1, 0.15) is 22.4 Å². The number of thiazole rings is 1. The van der Waals surface area contributed by atoms with Crippen LogP contribution >= 0.6 is 11.3 Å². The van der Waals surface area contributed by atoms with Crippen LogP contribution in [0.4, 0.5) is 9.52 Å². The topological polar surface area (TPSA) is 60.5 Å². The molecule has 1 amide bonds. The number of halogens is 1. The van der Waals surface area contributed by atoms with E-state index in [1.54, 1.807) is 32.5 Å². The van der Waals surface area contributed by atoms with Gasteiger partial charge in [0.05, 0.1) is 14.2 Å². The zero-order chi connectivity index (χ0) is 19.9. The third-order valence-electron chi connectivity index (χ3n) is 4.18. The van der Waals surface area contributed by atoms with Gasteiger partial charge < -0.3 is 14.8 Å². The van der Waals surface area contributed by atoms with Gasteiger partial charge in [0, 0.05) is 23.9 Å². The quantitative estimate of drug-likeness (QED) is 0.606. The molecule has 0 atom stereocenters. The van der Waals surface area contributed by atoms with Gasteiger partial charge in [0.15, 0.2) is 16.6 Å². The smallest absolute Gasteiger partial charge is 0.226 e. The number of nitrogens with one attached hydrogen (secondary N) is 1. The summed E-state index contributed by atoms with van der Waals surface area (Å²) in [5.41, 5.74) is 1.99. The van der Waals surface area contributed by atoms with E-state index in [1.165, 1.54) is 23.5 Å². The van der Waals surface area contributed by atoms with E-state index in [0.717, 1.165) is 16.0 Å². The molecule has 0 saturated heterocycles. The maximum atomic E-state index is 12.9. The van der Waals surface area contributed by atoms with Crippen LogP contribution in [-0.4, -0.2) is 25.1 Å². The number of hydrogen-bond donors (Lipinski definition) is 1. The van der Waals surface area contributed by atoms with Gasteiger partial charge in [-0.3, -0.25) is 4.79 Å². The summed E-state index contributed by atoms with van der Waals surface area (Å²) in [5, 5.41) is 3.39. The maximum absolute atomic E-state index is 12.9. The van der Waals surface area contributed by atoms with Gasteiger partial charge in [-0.1, -0.05) is 18.2 Å². The predicted molar refractivity (Wildman–Crippen MR) is 108 cm³/mol. The van der Waals surface area contributed by atoms with Crippen molar-refractivity contribution in [2.24, 2.45) is 0 Å². The van der Waals surface area contributed by atoms with E-state index in [0.29, 0.717) is 35.9 Å². The molecule has 0 radical (unpaired) electrons. The Bertz CT molecular complexity index is 941. The lowest BCUT2D eigenvalue weighted by molar-refractivity contribution is -0.116. The van der Waals surface area contributed by atoms with E-state index in [4.69, 9.17) is 9.47 Å². The Morgan fingerprint density at radius 3 is 2.50 bits per heavy atom. The molecule has 146 valence electrons. The van der Waals surface area contributed by atoms with Gasteiger partial charge in [0.2, 0.25) is 5.91 Å². The number of benzene rings is 2. The van der Waals surface area contributed by atoms with Gasteiger partial charge in [-0.2, -0.15) is 0 Å². The molecule has 5 nitrogen and oxygen atoms in total. The first-order valence-corrected chi connectivity index (χ1v) is 9.59. The largest absolute Gasteiger partial charge is 0.493 e. The molecule has 1 N–H and O–H groups in total. The Balaban J connectivity index is 1.55. The fourth-order valence-corrected chi connectivity index (χ4v) is 3.59. The highest BCUT2D eigenvalue weighted by Gasteiger charge is 2.10. The van der Waals surface area contributed by atoms with Crippen LogP contribution < -0.4 is 14.8 Å². The Morgan fingerprint density at radius 2 is 1.79 bits per heavy atom. The average Bonchev–Trinajstić information content (AvgIpc) is 3.14. The lowest BCUT2D eigenvalue weighted by Crippen LogP contribution is -2.11. The Morgan fingerprint density at radius 1 is 1.07 bits per heavy atom. The van der Waals surface area contributed by atoms with E-state index in [1.807, 2.05) is 18.2 Å². The number of rotatable bonds is 8. The van der Waals surface area contributed by atoms with Crippen molar-refractivity contribution in [2.45, 2.75) is 19.3 Å². The molecular weight excluding hydrogens is 379 g/mol. The molecule has 1 aromatic heterocycles. The maximum Gasteiger partial charge on any atom is 0.226 e. The second kappa shape index (κ2) is 9.32. The van der Waals surface area contributed by atoms with Gasteiger partial charge in [0.1, 0.15) is 5.82 Å². The molecule has 1 heterocycles. The minimum Gasteiger partial charge on any atom is -0.493 e. The molecule has 0 spiro atoms. The fraction of sp³-hybridized carbons (Fsp3) is 0.238. The van der Waals surface area contributed by atoms with Crippen molar-refractivity contribution >= 4 is 22.4 Å². The van der Waals surface area contributed by atoms with Crippen LogP contribution in [0.2, 0.25) is 0 Å². The summed E-state index contributed by atoms with van der Waals surface area (Å²) in [6, 6.07) is 11.9. The molecular formula is C21H21FN2O3S. The van der Waals surface area contributed by atoms with Crippen LogP contribution in [0.25, 0.3) is 0 Å². The monoisotopic (exact) mass is 400 g/mol. The minimum absolute atomic E-state index is 0.114. The van der Waals surface area contributed by atoms with Crippen LogP contribution in [0.5, 0.6) is 11.5 Å². The molecule has 0 fully saturated rings. The lowest BCUT2D eigenvalue weighted by atomic mass is 10.1. The number of aromatic nitrogens is 1. The van der Waals surface area contributed by atoms with Crippen molar-refractivity contribution in [1.29, 1.82) is 0 Å². The molecule has 0 unspecified atom stereocenters. The van der Waals surface area contributed by atoms with Crippen molar-refractivity contribution in [1.82, 2.24) is 4.98 Å². The number of amides is 1. The van der Waals surface area contributed by atoms with Crippen LogP contribution in [0.3, 0.4) is 0 Å².